The average molecular weight is 194 g/mol. The number of carboxylic acids is 1. The number of methoxy groups -OCH3 is 1. The quantitative estimate of drug-likeness (QED) is 0.694. The zero-order valence-corrected chi connectivity index (χ0v) is 7.60. The van der Waals surface area contributed by atoms with Gasteiger partial charge in [0.1, 0.15) is 0 Å². The van der Waals surface area contributed by atoms with Crippen LogP contribution in [0.5, 0.6) is 5.88 Å². The molecule has 5 heteroatoms. The van der Waals surface area contributed by atoms with Crippen molar-refractivity contribution in [3.8, 4) is 5.88 Å². The van der Waals surface area contributed by atoms with Crippen LogP contribution in [0.15, 0.2) is 18.2 Å². The predicted molar refractivity (Wildman–Crippen MR) is 51.9 cm³/mol. The first-order chi connectivity index (χ1) is 6.63. The van der Waals surface area contributed by atoms with Crippen LogP contribution < -0.4 is 10.5 Å². The highest BCUT2D eigenvalue weighted by molar-refractivity contribution is 5.85. The Labute approximate surface area is 80.8 Å². The Kier molecular flexibility index (Phi) is 3.06. The molecule has 3 N–H and O–H groups in total. The average Bonchev–Trinajstić information content (AvgIpc) is 2.16. The molecule has 74 valence electrons. The number of nitrogen functional groups attached to an aromatic ring is 1. The maximum absolute atomic E-state index is 10.2. The van der Waals surface area contributed by atoms with Crippen molar-refractivity contribution in [1.29, 1.82) is 0 Å². The van der Waals surface area contributed by atoms with E-state index in [9.17, 15) is 4.79 Å². The SMILES string of the molecule is COc1nc(/C=C/C(=O)O)ccc1N. The van der Waals surface area contributed by atoms with Gasteiger partial charge in [0.25, 0.3) is 0 Å². The Hall–Kier alpha value is -2.04. The van der Waals surface area contributed by atoms with Crippen molar-refractivity contribution in [2.45, 2.75) is 0 Å². The van der Waals surface area contributed by atoms with Crippen molar-refractivity contribution >= 4 is 17.7 Å². The molecular formula is C9H10N2O3. The summed E-state index contributed by atoms with van der Waals surface area (Å²) in [5.74, 6) is -0.736. The van der Waals surface area contributed by atoms with Crippen molar-refractivity contribution in [3.63, 3.8) is 0 Å². The Morgan fingerprint density at radius 3 is 2.93 bits per heavy atom. The van der Waals surface area contributed by atoms with E-state index in [1.54, 1.807) is 12.1 Å². The van der Waals surface area contributed by atoms with Gasteiger partial charge in [-0.2, -0.15) is 0 Å². The fourth-order valence-corrected chi connectivity index (χ4v) is 0.879. The lowest BCUT2D eigenvalue weighted by atomic mass is 10.3. The molecule has 0 aliphatic heterocycles. The lowest BCUT2D eigenvalue weighted by molar-refractivity contribution is -0.131. The molecule has 0 aliphatic rings. The van der Waals surface area contributed by atoms with Gasteiger partial charge < -0.3 is 15.6 Å². The monoisotopic (exact) mass is 194 g/mol. The molecule has 1 aromatic rings. The Balaban J connectivity index is 2.95. The number of pyridine rings is 1. The van der Waals surface area contributed by atoms with Gasteiger partial charge in [0, 0.05) is 6.08 Å². The summed E-state index contributed by atoms with van der Waals surface area (Å²) in [6, 6.07) is 3.21. The number of carbonyl (C=O) groups is 1. The van der Waals surface area contributed by atoms with E-state index in [-0.39, 0.29) is 5.88 Å². The highest BCUT2D eigenvalue weighted by Gasteiger charge is 2.00. The van der Waals surface area contributed by atoms with Gasteiger partial charge >= 0.3 is 5.97 Å². The van der Waals surface area contributed by atoms with Gasteiger partial charge in [0.2, 0.25) is 5.88 Å². The van der Waals surface area contributed by atoms with Crippen LogP contribution in [0.2, 0.25) is 0 Å². The van der Waals surface area contributed by atoms with Gasteiger partial charge in [-0.05, 0) is 18.2 Å². The van der Waals surface area contributed by atoms with Crippen LogP contribution in [0.25, 0.3) is 6.08 Å². The zero-order chi connectivity index (χ0) is 10.6. The maximum atomic E-state index is 10.2. The van der Waals surface area contributed by atoms with Gasteiger partial charge in [-0.3, -0.25) is 0 Å². The summed E-state index contributed by atoms with van der Waals surface area (Å²) in [4.78, 5) is 14.2. The van der Waals surface area contributed by atoms with Crippen LogP contribution in [0.3, 0.4) is 0 Å². The van der Waals surface area contributed by atoms with E-state index in [1.807, 2.05) is 0 Å². The van der Waals surface area contributed by atoms with E-state index in [0.29, 0.717) is 11.4 Å². The Morgan fingerprint density at radius 1 is 1.64 bits per heavy atom. The number of rotatable bonds is 3. The minimum absolute atomic E-state index is 0.289. The number of nitrogens with zero attached hydrogens (tertiary/aromatic N) is 1. The molecular weight excluding hydrogens is 184 g/mol. The number of anilines is 1. The second-order valence-electron chi connectivity index (χ2n) is 2.51. The third-order valence-corrected chi connectivity index (χ3v) is 1.50. The van der Waals surface area contributed by atoms with Crippen molar-refractivity contribution in [2.75, 3.05) is 12.8 Å². The molecule has 0 fully saturated rings. The van der Waals surface area contributed by atoms with Crippen LogP contribution in [-0.2, 0) is 4.79 Å². The minimum atomic E-state index is -1.03. The molecule has 0 aromatic carbocycles. The molecule has 1 aromatic heterocycles. The Bertz CT molecular complexity index is 374. The summed E-state index contributed by atoms with van der Waals surface area (Å²) in [5.41, 5.74) is 6.43. The molecule has 0 radical (unpaired) electrons. The summed E-state index contributed by atoms with van der Waals surface area (Å²) < 4.78 is 4.88. The largest absolute Gasteiger partial charge is 0.480 e. The minimum Gasteiger partial charge on any atom is -0.480 e. The fourth-order valence-electron chi connectivity index (χ4n) is 0.879. The molecule has 5 nitrogen and oxygen atoms in total. The fraction of sp³-hybridized carbons (Fsp3) is 0.111. The molecule has 14 heavy (non-hydrogen) atoms. The smallest absolute Gasteiger partial charge is 0.328 e. The highest BCUT2D eigenvalue weighted by Crippen LogP contribution is 2.17. The number of hydrogen-bond acceptors (Lipinski definition) is 4. The van der Waals surface area contributed by atoms with Gasteiger partial charge in [0.15, 0.2) is 0 Å². The topological polar surface area (TPSA) is 85.4 Å². The Morgan fingerprint density at radius 2 is 2.36 bits per heavy atom. The van der Waals surface area contributed by atoms with Crippen molar-refractivity contribution < 1.29 is 14.6 Å². The standard InChI is InChI=1S/C9H10N2O3/c1-14-9-7(10)4-2-6(11-9)3-5-8(12)13/h2-5H,10H2,1H3,(H,12,13)/b5-3+. The molecule has 0 saturated carbocycles. The van der Waals surface area contributed by atoms with E-state index >= 15 is 0 Å². The lowest BCUT2D eigenvalue weighted by Gasteiger charge is -2.02. The van der Waals surface area contributed by atoms with Crippen LogP contribution in [0, 0.1) is 0 Å². The van der Waals surface area contributed by atoms with Crippen molar-refractivity contribution in [2.24, 2.45) is 0 Å². The first kappa shape index (κ1) is 10.0. The van der Waals surface area contributed by atoms with E-state index in [2.05, 4.69) is 4.98 Å². The van der Waals surface area contributed by atoms with E-state index in [1.165, 1.54) is 13.2 Å². The molecule has 0 saturated heterocycles. The first-order valence-corrected chi connectivity index (χ1v) is 3.85. The van der Waals surface area contributed by atoms with Crippen molar-refractivity contribution in [1.82, 2.24) is 4.98 Å². The summed E-state index contributed by atoms with van der Waals surface area (Å²) in [6.45, 7) is 0. The zero-order valence-electron chi connectivity index (χ0n) is 7.60. The van der Waals surface area contributed by atoms with E-state index in [4.69, 9.17) is 15.6 Å². The van der Waals surface area contributed by atoms with Crippen molar-refractivity contribution in [3.05, 3.63) is 23.9 Å². The van der Waals surface area contributed by atoms with Crippen LogP contribution in [-0.4, -0.2) is 23.2 Å². The van der Waals surface area contributed by atoms with Gasteiger partial charge in [0.05, 0.1) is 18.5 Å². The van der Waals surface area contributed by atoms with Gasteiger partial charge in [-0.25, -0.2) is 9.78 Å². The van der Waals surface area contributed by atoms with Gasteiger partial charge in [-0.1, -0.05) is 0 Å². The highest BCUT2D eigenvalue weighted by atomic mass is 16.5. The first-order valence-electron chi connectivity index (χ1n) is 3.85. The second-order valence-corrected chi connectivity index (χ2v) is 2.51. The normalized spacial score (nSPS) is 10.4. The number of hydrogen-bond donors (Lipinski definition) is 2. The molecule has 0 atom stereocenters. The molecule has 0 bridgehead atoms. The van der Waals surface area contributed by atoms with Crippen LogP contribution in [0.4, 0.5) is 5.69 Å². The molecule has 0 spiro atoms. The number of aliphatic carboxylic acids is 1. The van der Waals surface area contributed by atoms with Crippen LogP contribution in [0.1, 0.15) is 5.69 Å². The lowest BCUT2D eigenvalue weighted by Crippen LogP contribution is -1.96. The number of ether oxygens (including phenoxy) is 1. The maximum Gasteiger partial charge on any atom is 0.328 e. The van der Waals surface area contributed by atoms with E-state index in [0.717, 1.165) is 6.08 Å². The third-order valence-electron chi connectivity index (χ3n) is 1.50. The number of carboxylic acid groups (broad SMARTS) is 1. The third kappa shape index (κ3) is 2.48. The molecule has 0 unspecified atom stereocenters. The number of nitrogens with two attached hydrogens (primary N) is 1. The van der Waals surface area contributed by atoms with Crippen LogP contribution >= 0.6 is 0 Å². The summed E-state index contributed by atoms with van der Waals surface area (Å²) >= 11 is 0. The predicted octanol–water partition coefficient (Wildman–Crippen LogP) is 0.770. The molecule has 0 amide bonds. The summed E-state index contributed by atoms with van der Waals surface area (Å²) in [7, 11) is 1.45. The summed E-state index contributed by atoms with van der Waals surface area (Å²) in [6.07, 6.45) is 2.36. The number of aromatic nitrogens is 1. The molecule has 1 heterocycles. The van der Waals surface area contributed by atoms with E-state index < -0.39 is 5.97 Å². The second kappa shape index (κ2) is 4.27. The molecule has 0 aliphatic carbocycles. The van der Waals surface area contributed by atoms with Gasteiger partial charge in [-0.15, -0.1) is 0 Å². The molecule has 1 rings (SSSR count). The summed E-state index contributed by atoms with van der Waals surface area (Å²) in [5, 5.41) is 8.39.